The van der Waals surface area contributed by atoms with Gasteiger partial charge in [-0.25, -0.2) is 0 Å². The second-order valence-corrected chi connectivity index (χ2v) is 7.67. The maximum atomic E-state index is 12.9. The molecule has 7 heteroatoms. The second kappa shape index (κ2) is 8.86. The summed E-state index contributed by atoms with van der Waals surface area (Å²) in [6.45, 7) is 3.43. The van der Waals surface area contributed by atoms with Gasteiger partial charge in [-0.2, -0.15) is 13.2 Å². The zero-order chi connectivity index (χ0) is 21.0. The van der Waals surface area contributed by atoms with Gasteiger partial charge in [0.15, 0.2) is 5.96 Å². The Hall–Kier alpha value is -2.54. The highest BCUT2D eigenvalue weighted by molar-refractivity contribution is 5.92. The number of halogens is 3. The number of benzene rings is 2. The lowest BCUT2D eigenvalue weighted by Crippen LogP contribution is -2.38. The van der Waals surface area contributed by atoms with Gasteiger partial charge in [0.1, 0.15) is 0 Å². The van der Waals surface area contributed by atoms with Crippen molar-refractivity contribution in [3.63, 3.8) is 0 Å². The quantitative estimate of drug-likeness (QED) is 0.567. The van der Waals surface area contributed by atoms with Crippen molar-refractivity contribution in [3.8, 4) is 0 Å². The topological polar surface area (TPSA) is 53.6 Å². The number of aliphatic imine (C=N–C) groups is 1. The van der Waals surface area contributed by atoms with E-state index in [1.165, 1.54) is 0 Å². The van der Waals surface area contributed by atoms with Crippen LogP contribution < -0.4 is 11.1 Å². The minimum atomic E-state index is -4.32. The lowest BCUT2D eigenvalue weighted by Gasteiger charge is -2.39. The minimum Gasteiger partial charge on any atom is -0.370 e. The molecule has 0 aliphatic carbocycles. The Bertz CT molecular complexity index is 846. The molecule has 1 aliphatic rings. The SMILES string of the molecule is Cc1cccc(NC(N)=NCC2CCCN(C)C2c2ccc(C(F)(F)F)cc2)c1. The number of hydrogen-bond acceptors (Lipinski definition) is 2. The second-order valence-electron chi connectivity index (χ2n) is 7.67. The van der Waals surface area contributed by atoms with E-state index < -0.39 is 11.7 Å². The van der Waals surface area contributed by atoms with Crippen molar-refractivity contribution in [2.45, 2.75) is 32.0 Å². The molecule has 0 bridgehead atoms. The molecule has 156 valence electrons. The third kappa shape index (κ3) is 5.50. The molecule has 1 saturated heterocycles. The number of nitrogens with zero attached hydrogens (tertiary/aromatic N) is 2. The van der Waals surface area contributed by atoms with Crippen LogP contribution in [0.15, 0.2) is 53.5 Å². The first-order valence-corrected chi connectivity index (χ1v) is 9.75. The monoisotopic (exact) mass is 404 g/mol. The fourth-order valence-corrected chi connectivity index (χ4v) is 3.97. The molecule has 0 radical (unpaired) electrons. The van der Waals surface area contributed by atoms with E-state index in [0.717, 1.165) is 48.3 Å². The molecule has 0 aromatic heterocycles. The number of rotatable bonds is 4. The summed E-state index contributed by atoms with van der Waals surface area (Å²) < 4.78 is 38.6. The summed E-state index contributed by atoms with van der Waals surface area (Å²) in [6.07, 6.45) is -2.34. The first-order valence-electron chi connectivity index (χ1n) is 9.75. The van der Waals surface area contributed by atoms with Crippen LogP contribution in [-0.4, -0.2) is 31.0 Å². The summed E-state index contributed by atoms with van der Waals surface area (Å²) in [5, 5.41) is 3.10. The van der Waals surface area contributed by atoms with Crippen molar-refractivity contribution in [1.82, 2.24) is 4.90 Å². The number of hydrogen-bond donors (Lipinski definition) is 2. The van der Waals surface area contributed by atoms with E-state index in [1.54, 1.807) is 12.1 Å². The molecule has 2 atom stereocenters. The molecular weight excluding hydrogens is 377 g/mol. The van der Waals surface area contributed by atoms with Gasteiger partial charge in [0.05, 0.1) is 5.56 Å². The molecule has 1 aliphatic heterocycles. The fraction of sp³-hybridized carbons (Fsp3) is 0.409. The number of alkyl halides is 3. The van der Waals surface area contributed by atoms with E-state index >= 15 is 0 Å². The van der Waals surface area contributed by atoms with Crippen molar-refractivity contribution < 1.29 is 13.2 Å². The number of likely N-dealkylation sites (tertiary alicyclic amines) is 1. The average molecular weight is 404 g/mol. The van der Waals surface area contributed by atoms with Crippen LogP contribution in [0, 0.1) is 12.8 Å². The third-order valence-electron chi connectivity index (χ3n) is 5.37. The van der Waals surface area contributed by atoms with Gasteiger partial charge in [0, 0.05) is 18.3 Å². The summed E-state index contributed by atoms with van der Waals surface area (Å²) >= 11 is 0. The van der Waals surface area contributed by atoms with Gasteiger partial charge >= 0.3 is 6.18 Å². The molecule has 29 heavy (non-hydrogen) atoms. The Morgan fingerprint density at radius 1 is 1.21 bits per heavy atom. The van der Waals surface area contributed by atoms with Crippen molar-refractivity contribution >= 4 is 11.6 Å². The number of piperidine rings is 1. The van der Waals surface area contributed by atoms with Gasteiger partial charge in [0.2, 0.25) is 0 Å². The van der Waals surface area contributed by atoms with Gasteiger partial charge in [0.25, 0.3) is 0 Å². The van der Waals surface area contributed by atoms with Crippen molar-refractivity contribution in [3.05, 3.63) is 65.2 Å². The van der Waals surface area contributed by atoms with Crippen LogP contribution in [0.25, 0.3) is 0 Å². The maximum Gasteiger partial charge on any atom is 0.416 e. The summed E-state index contributed by atoms with van der Waals surface area (Å²) in [6, 6.07) is 13.4. The van der Waals surface area contributed by atoms with Crippen molar-refractivity contribution in [1.29, 1.82) is 0 Å². The number of nitrogens with one attached hydrogen (secondary N) is 1. The zero-order valence-corrected chi connectivity index (χ0v) is 16.7. The average Bonchev–Trinajstić information content (AvgIpc) is 2.66. The van der Waals surface area contributed by atoms with E-state index in [4.69, 9.17) is 5.73 Å². The summed E-state index contributed by atoms with van der Waals surface area (Å²) in [5.74, 6) is 0.526. The molecule has 1 fully saturated rings. The van der Waals surface area contributed by atoms with E-state index in [2.05, 4.69) is 15.2 Å². The van der Waals surface area contributed by atoms with E-state index in [0.29, 0.717) is 12.5 Å². The Balaban J connectivity index is 1.72. The lowest BCUT2D eigenvalue weighted by atomic mass is 9.84. The van der Waals surface area contributed by atoms with Crippen LogP contribution in [0.4, 0.5) is 18.9 Å². The highest BCUT2D eigenvalue weighted by atomic mass is 19.4. The van der Waals surface area contributed by atoms with Crippen LogP contribution in [0.3, 0.4) is 0 Å². The Labute approximate surface area is 169 Å². The first kappa shape index (κ1) is 21.2. The van der Waals surface area contributed by atoms with E-state index in [9.17, 15) is 13.2 Å². The fourth-order valence-electron chi connectivity index (χ4n) is 3.97. The molecule has 3 N–H and O–H groups in total. The van der Waals surface area contributed by atoms with E-state index in [1.807, 2.05) is 38.2 Å². The molecule has 2 aromatic carbocycles. The standard InChI is InChI=1S/C22H27F3N4/c1-15-5-3-7-19(13-15)28-21(26)27-14-17-6-4-12-29(2)20(17)16-8-10-18(11-9-16)22(23,24)25/h3,5,7-11,13,17,20H,4,6,12,14H2,1-2H3,(H3,26,27,28). The minimum absolute atomic E-state index is 0.0153. The predicted molar refractivity (Wildman–Crippen MR) is 111 cm³/mol. The molecule has 0 saturated carbocycles. The Morgan fingerprint density at radius 2 is 1.93 bits per heavy atom. The molecule has 1 heterocycles. The number of guanidine groups is 1. The molecule has 4 nitrogen and oxygen atoms in total. The van der Waals surface area contributed by atoms with Gasteiger partial charge < -0.3 is 11.1 Å². The van der Waals surface area contributed by atoms with Crippen LogP contribution in [-0.2, 0) is 6.18 Å². The van der Waals surface area contributed by atoms with Gasteiger partial charge in [-0.1, -0.05) is 24.3 Å². The zero-order valence-electron chi connectivity index (χ0n) is 16.7. The Morgan fingerprint density at radius 3 is 2.59 bits per heavy atom. The van der Waals surface area contributed by atoms with E-state index in [-0.39, 0.29) is 12.0 Å². The van der Waals surface area contributed by atoms with Crippen LogP contribution in [0.2, 0.25) is 0 Å². The smallest absolute Gasteiger partial charge is 0.370 e. The summed E-state index contributed by atoms with van der Waals surface area (Å²) in [4.78, 5) is 6.71. The van der Waals surface area contributed by atoms with Crippen LogP contribution in [0.1, 0.15) is 35.6 Å². The highest BCUT2D eigenvalue weighted by Gasteiger charge is 2.33. The van der Waals surface area contributed by atoms with Gasteiger partial charge in [-0.05, 0) is 74.7 Å². The predicted octanol–water partition coefficient (Wildman–Crippen LogP) is 4.82. The Kier molecular flexibility index (Phi) is 6.47. The molecule has 2 unspecified atom stereocenters. The lowest BCUT2D eigenvalue weighted by molar-refractivity contribution is -0.137. The largest absolute Gasteiger partial charge is 0.416 e. The van der Waals surface area contributed by atoms with Crippen LogP contribution in [0.5, 0.6) is 0 Å². The first-order chi connectivity index (χ1) is 13.7. The molecule has 0 spiro atoms. The van der Waals surface area contributed by atoms with Gasteiger partial charge in [-0.15, -0.1) is 0 Å². The summed E-state index contributed by atoms with van der Waals surface area (Å²) in [5.41, 5.74) is 8.32. The number of nitrogens with two attached hydrogens (primary N) is 1. The van der Waals surface area contributed by atoms with Gasteiger partial charge in [-0.3, -0.25) is 9.89 Å². The number of aryl methyl sites for hydroxylation is 1. The maximum absolute atomic E-state index is 12.9. The highest BCUT2D eigenvalue weighted by Crippen LogP contribution is 2.37. The molecule has 3 rings (SSSR count). The molecular formula is C22H27F3N4. The van der Waals surface area contributed by atoms with Crippen molar-refractivity contribution in [2.75, 3.05) is 25.5 Å². The van der Waals surface area contributed by atoms with Crippen LogP contribution >= 0.6 is 0 Å². The normalized spacial score (nSPS) is 21.2. The molecule has 2 aromatic rings. The van der Waals surface area contributed by atoms with Crippen molar-refractivity contribution in [2.24, 2.45) is 16.6 Å². The third-order valence-corrected chi connectivity index (χ3v) is 5.37. The molecule has 0 amide bonds. The summed E-state index contributed by atoms with van der Waals surface area (Å²) in [7, 11) is 2.01. The number of anilines is 1.